The van der Waals surface area contributed by atoms with Gasteiger partial charge in [0.2, 0.25) is 0 Å². The Morgan fingerprint density at radius 3 is 2.79 bits per heavy atom. The Bertz CT molecular complexity index is 1140. The number of para-hydroxylation sites is 1. The maximum absolute atomic E-state index is 5.80. The molecule has 2 aromatic carbocycles. The van der Waals surface area contributed by atoms with Gasteiger partial charge in [-0.15, -0.1) is 0 Å². The second-order valence-corrected chi connectivity index (χ2v) is 7.52. The number of H-pyrrole nitrogens is 1. The van der Waals surface area contributed by atoms with Gasteiger partial charge in [-0.3, -0.25) is 4.90 Å². The first-order chi connectivity index (χ1) is 13.7. The highest BCUT2D eigenvalue weighted by Crippen LogP contribution is 2.27. The van der Waals surface area contributed by atoms with Gasteiger partial charge in [-0.1, -0.05) is 18.2 Å². The number of nitrogen functional groups attached to an aromatic ring is 1. The Morgan fingerprint density at radius 1 is 1.11 bits per heavy atom. The van der Waals surface area contributed by atoms with Crippen LogP contribution in [-0.2, 0) is 19.5 Å². The maximum Gasteiger partial charge on any atom is 0.159 e. The Morgan fingerprint density at radius 2 is 1.93 bits per heavy atom. The van der Waals surface area contributed by atoms with Crippen molar-refractivity contribution in [2.45, 2.75) is 26.4 Å². The van der Waals surface area contributed by atoms with Crippen molar-refractivity contribution in [3.63, 3.8) is 0 Å². The fourth-order valence-electron chi connectivity index (χ4n) is 4.03. The van der Waals surface area contributed by atoms with Crippen molar-refractivity contribution in [2.24, 2.45) is 0 Å². The van der Waals surface area contributed by atoms with Crippen LogP contribution in [0.3, 0.4) is 0 Å². The van der Waals surface area contributed by atoms with Crippen LogP contribution in [0.1, 0.15) is 22.5 Å². The van der Waals surface area contributed by atoms with Gasteiger partial charge in [0.1, 0.15) is 0 Å². The first-order valence-electron chi connectivity index (χ1n) is 9.66. The van der Waals surface area contributed by atoms with Crippen molar-refractivity contribution in [3.05, 3.63) is 77.2 Å². The van der Waals surface area contributed by atoms with Crippen molar-refractivity contribution in [1.29, 1.82) is 0 Å². The van der Waals surface area contributed by atoms with Gasteiger partial charge in [0.05, 0.1) is 5.69 Å². The number of nitrogens with one attached hydrogen (secondary N) is 1. The second kappa shape index (κ2) is 6.77. The predicted octanol–water partition coefficient (Wildman–Crippen LogP) is 4.07. The zero-order chi connectivity index (χ0) is 19.1. The standard InChI is InChI=1S/C23H23N5/c1-15-20(19-4-2-3-5-21(19)26-15)13-28-11-10-17-12-25-23(27-22(17)14-28)16-6-8-18(24)9-7-16/h2-9,12,26H,10-11,13-14,24H2,1H3. The molecule has 5 nitrogen and oxygen atoms in total. The molecule has 3 heterocycles. The van der Waals surface area contributed by atoms with Crippen LogP contribution in [0.2, 0.25) is 0 Å². The highest BCUT2D eigenvalue weighted by molar-refractivity contribution is 5.84. The van der Waals surface area contributed by atoms with Crippen molar-refractivity contribution >= 4 is 16.6 Å². The van der Waals surface area contributed by atoms with Crippen molar-refractivity contribution < 1.29 is 0 Å². The van der Waals surface area contributed by atoms with Crippen LogP contribution in [0.15, 0.2) is 54.7 Å². The predicted molar refractivity (Wildman–Crippen MR) is 113 cm³/mol. The van der Waals surface area contributed by atoms with Gasteiger partial charge in [0, 0.05) is 53.7 Å². The van der Waals surface area contributed by atoms with E-state index in [9.17, 15) is 0 Å². The minimum Gasteiger partial charge on any atom is -0.399 e. The Labute approximate surface area is 164 Å². The summed E-state index contributed by atoms with van der Waals surface area (Å²) < 4.78 is 0. The van der Waals surface area contributed by atoms with E-state index in [0.29, 0.717) is 0 Å². The number of rotatable bonds is 3. The van der Waals surface area contributed by atoms with Crippen LogP contribution in [0.5, 0.6) is 0 Å². The molecule has 0 saturated carbocycles. The molecule has 0 amide bonds. The van der Waals surface area contributed by atoms with E-state index < -0.39 is 0 Å². The van der Waals surface area contributed by atoms with Crippen molar-refractivity contribution in [1.82, 2.24) is 19.9 Å². The third kappa shape index (κ3) is 3.04. The third-order valence-electron chi connectivity index (χ3n) is 5.60. The van der Waals surface area contributed by atoms with E-state index in [2.05, 4.69) is 46.1 Å². The Balaban J connectivity index is 1.42. The quantitative estimate of drug-likeness (QED) is 0.534. The van der Waals surface area contributed by atoms with Gasteiger partial charge in [-0.25, -0.2) is 9.97 Å². The molecule has 0 atom stereocenters. The zero-order valence-corrected chi connectivity index (χ0v) is 15.9. The van der Waals surface area contributed by atoms with Gasteiger partial charge in [-0.05, 0) is 54.8 Å². The smallest absolute Gasteiger partial charge is 0.159 e. The van der Waals surface area contributed by atoms with Crippen LogP contribution in [0.25, 0.3) is 22.3 Å². The molecule has 0 spiro atoms. The first-order valence-corrected chi connectivity index (χ1v) is 9.66. The summed E-state index contributed by atoms with van der Waals surface area (Å²) >= 11 is 0. The number of anilines is 1. The molecule has 0 unspecified atom stereocenters. The molecule has 0 radical (unpaired) electrons. The summed E-state index contributed by atoms with van der Waals surface area (Å²) in [6.07, 6.45) is 2.97. The lowest BCUT2D eigenvalue weighted by atomic mass is 10.0. The molecule has 0 aliphatic carbocycles. The molecule has 1 aliphatic heterocycles. The molecular weight excluding hydrogens is 346 g/mol. The zero-order valence-electron chi connectivity index (χ0n) is 15.9. The molecule has 2 aromatic heterocycles. The molecule has 4 aromatic rings. The number of fused-ring (bicyclic) bond motifs is 2. The van der Waals surface area contributed by atoms with E-state index in [-0.39, 0.29) is 0 Å². The lowest BCUT2D eigenvalue weighted by Gasteiger charge is -2.28. The van der Waals surface area contributed by atoms with Crippen molar-refractivity contribution in [2.75, 3.05) is 12.3 Å². The summed E-state index contributed by atoms with van der Waals surface area (Å²) in [5, 5.41) is 1.32. The second-order valence-electron chi connectivity index (χ2n) is 7.52. The van der Waals surface area contributed by atoms with Crippen LogP contribution in [0, 0.1) is 6.92 Å². The topological polar surface area (TPSA) is 70.8 Å². The number of hydrogen-bond donors (Lipinski definition) is 2. The van der Waals surface area contributed by atoms with E-state index in [1.807, 2.05) is 30.5 Å². The van der Waals surface area contributed by atoms with Crippen LogP contribution < -0.4 is 5.73 Å². The minimum absolute atomic E-state index is 0.752. The van der Waals surface area contributed by atoms with Crippen LogP contribution >= 0.6 is 0 Å². The summed E-state index contributed by atoms with van der Waals surface area (Å²) in [4.78, 5) is 15.4. The van der Waals surface area contributed by atoms with Gasteiger partial charge < -0.3 is 10.7 Å². The highest BCUT2D eigenvalue weighted by atomic mass is 15.1. The summed E-state index contributed by atoms with van der Waals surface area (Å²) in [5.41, 5.74) is 13.8. The first kappa shape index (κ1) is 17.0. The van der Waals surface area contributed by atoms with E-state index in [1.165, 1.54) is 27.7 Å². The van der Waals surface area contributed by atoms with E-state index in [1.54, 1.807) is 0 Å². The lowest BCUT2D eigenvalue weighted by molar-refractivity contribution is 0.241. The summed E-state index contributed by atoms with van der Waals surface area (Å²) in [6.45, 7) is 4.96. The Kier molecular flexibility index (Phi) is 4.10. The number of aryl methyl sites for hydroxylation is 1. The average molecular weight is 369 g/mol. The van der Waals surface area contributed by atoms with Crippen LogP contribution in [-0.4, -0.2) is 26.4 Å². The van der Waals surface area contributed by atoms with E-state index in [4.69, 9.17) is 10.7 Å². The Hall–Kier alpha value is -3.18. The number of nitrogens with two attached hydrogens (primary N) is 1. The summed E-state index contributed by atoms with van der Waals surface area (Å²) in [5.74, 6) is 0.767. The lowest BCUT2D eigenvalue weighted by Crippen LogP contribution is -2.31. The number of aromatic amines is 1. The van der Waals surface area contributed by atoms with Gasteiger partial charge in [0.15, 0.2) is 5.82 Å². The number of nitrogens with zero attached hydrogens (tertiary/aromatic N) is 3. The molecular formula is C23H23N5. The molecule has 5 rings (SSSR count). The molecule has 3 N–H and O–H groups in total. The SMILES string of the molecule is Cc1[nH]c2ccccc2c1CN1CCc2cnc(-c3ccc(N)cc3)nc2C1. The van der Waals surface area contributed by atoms with E-state index in [0.717, 1.165) is 48.8 Å². The van der Waals surface area contributed by atoms with Gasteiger partial charge in [0.25, 0.3) is 0 Å². The number of aromatic nitrogens is 3. The largest absolute Gasteiger partial charge is 0.399 e. The fourth-order valence-corrected chi connectivity index (χ4v) is 4.03. The normalized spacial score (nSPS) is 14.3. The van der Waals surface area contributed by atoms with Gasteiger partial charge >= 0.3 is 0 Å². The highest BCUT2D eigenvalue weighted by Gasteiger charge is 2.21. The minimum atomic E-state index is 0.752. The molecule has 0 fully saturated rings. The molecule has 5 heteroatoms. The monoisotopic (exact) mass is 369 g/mol. The molecule has 28 heavy (non-hydrogen) atoms. The average Bonchev–Trinajstić information content (AvgIpc) is 3.03. The molecule has 0 bridgehead atoms. The van der Waals surface area contributed by atoms with E-state index >= 15 is 0 Å². The van der Waals surface area contributed by atoms with Crippen LogP contribution in [0.4, 0.5) is 5.69 Å². The van der Waals surface area contributed by atoms with Crippen molar-refractivity contribution in [3.8, 4) is 11.4 Å². The number of benzene rings is 2. The van der Waals surface area contributed by atoms with Gasteiger partial charge in [-0.2, -0.15) is 0 Å². The number of hydrogen-bond acceptors (Lipinski definition) is 4. The molecule has 140 valence electrons. The summed E-state index contributed by atoms with van der Waals surface area (Å²) in [7, 11) is 0. The fraction of sp³-hybridized carbons (Fsp3) is 0.217. The molecule has 1 aliphatic rings. The third-order valence-corrected chi connectivity index (χ3v) is 5.60. The maximum atomic E-state index is 5.80. The molecule has 0 saturated heterocycles. The summed E-state index contributed by atoms with van der Waals surface area (Å²) in [6, 6.07) is 16.3.